The van der Waals surface area contributed by atoms with Crippen LogP contribution in [0.2, 0.25) is 0 Å². The minimum absolute atomic E-state index is 0.244. The van der Waals surface area contributed by atoms with Crippen LogP contribution in [-0.2, 0) is 9.53 Å². The molecule has 1 amide bonds. The fourth-order valence-electron chi connectivity index (χ4n) is 1.46. The molecule has 1 N–H and O–H groups in total. The molecule has 102 valence electrons. The van der Waals surface area contributed by atoms with Crippen molar-refractivity contribution in [2.75, 3.05) is 11.9 Å². The van der Waals surface area contributed by atoms with Gasteiger partial charge in [-0.3, -0.25) is 19.5 Å². The van der Waals surface area contributed by atoms with E-state index < -0.39 is 6.10 Å². The van der Waals surface area contributed by atoms with Crippen LogP contribution < -0.4 is 5.32 Å². The molecule has 0 aliphatic rings. The van der Waals surface area contributed by atoms with Gasteiger partial charge in [0.05, 0.1) is 6.20 Å². The highest BCUT2D eigenvalue weighted by atomic mass is 16.5. The van der Waals surface area contributed by atoms with Crippen LogP contribution in [0.3, 0.4) is 0 Å². The number of carbonyl (C=O) groups is 1. The lowest BCUT2D eigenvalue weighted by atomic mass is 10.2. The maximum absolute atomic E-state index is 11.9. The molecule has 7 heteroatoms. The molecule has 1 unspecified atom stereocenters. The second kappa shape index (κ2) is 5.75. The van der Waals surface area contributed by atoms with E-state index in [1.165, 1.54) is 0 Å². The molecule has 0 aromatic carbocycles. The number of fused-ring (bicyclic) bond motifs is 1. The van der Waals surface area contributed by atoms with E-state index in [4.69, 9.17) is 4.74 Å². The molecule has 0 aliphatic heterocycles. The van der Waals surface area contributed by atoms with Crippen molar-refractivity contribution in [1.82, 2.24) is 19.6 Å². The van der Waals surface area contributed by atoms with Crippen molar-refractivity contribution >= 4 is 17.5 Å². The van der Waals surface area contributed by atoms with Gasteiger partial charge in [-0.05, 0) is 12.8 Å². The van der Waals surface area contributed by atoms with Gasteiger partial charge < -0.3 is 4.74 Å². The van der Waals surface area contributed by atoms with Crippen molar-refractivity contribution in [3.05, 3.63) is 18.6 Å². The number of anilines is 1. The Bertz CT molecular complexity index is 566. The van der Waals surface area contributed by atoms with Crippen LogP contribution in [0.25, 0.3) is 5.65 Å². The number of aromatic nitrogens is 4. The molecule has 0 radical (unpaired) electrons. The molecule has 2 aromatic heterocycles. The van der Waals surface area contributed by atoms with Gasteiger partial charge in [0.15, 0.2) is 5.65 Å². The van der Waals surface area contributed by atoms with Crippen LogP contribution in [0, 0.1) is 5.92 Å². The van der Waals surface area contributed by atoms with Crippen LogP contribution in [-0.4, -0.2) is 38.2 Å². The Morgan fingerprint density at radius 1 is 1.42 bits per heavy atom. The average Bonchev–Trinajstić information content (AvgIpc) is 2.79. The third-order valence-corrected chi connectivity index (χ3v) is 2.50. The predicted molar refractivity (Wildman–Crippen MR) is 69.7 cm³/mol. The Kier molecular flexibility index (Phi) is 4.06. The van der Waals surface area contributed by atoms with Crippen LogP contribution in [0.15, 0.2) is 18.6 Å². The summed E-state index contributed by atoms with van der Waals surface area (Å²) in [4.78, 5) is 15.9. The standard InChI is InChI=1S/C12H17N5O2/c1-8(2)7-19-9(3)11(18)14-12-16-15-10-6-13-4-5-17(10)12/h4-6,8-9H,7H2,1-3H3,(H,14,16,18). The van der Waals surface area contributed by atoms with Crippen molar-refractivity contribution in [2.24, 2.45) is 5.92 Å². The zero-order valence-electron chi connectivity index (χ0n) is 11.2. The van der Waals surface area contributed by atoms with Crippen molar-refractivity contribution in [3.8, 4) is 0 Å². The largest absolute Gasteiger partial charge is 0.368 e. The molecule has 0 bridgehead atoms. The van der Waals surface area contributed by atoms with Gasteiger partial charge in [-0.2, -0.15) is 0 Å². The van der Waals surface area contributed by atoms with Crippen molar-refractivity contribution < 1.29 is 9.53 Å². The van der Waals surface area contributed by atoms with Crippen LogP contribution in [0.1, 0.15) is 20.8 Å². The molecule has 19 heavy (non-hydrogen) atoms. The topological polar surface area (TPSA) is 81.4 Å². The Balaban J connectivity index is 2.02. The van der Waals surface area contributed by atoms with Gasteiger partial charge in [-0.15, -0.1) is 10.2 Å². The first kappa shape index (κ1) is 13.4. The summed E-state index contributed by atoms with van der Waals surface area (Å²) in [5, 5.41) is 10.5. The van der Waals surface area contributed by atoms with Crippen molar-refractivity contribution in [2.45, 2.75) is 26.9 Å². The van der Waals surface area contributed by atoms with Crippen LogP contribution >= 0.6 is 0 Å². The summed E-state index contributed by atoms with van der Waals surface area (Å²) in [5.41, 5.74) is 0.577. The van der Waals surface area contributed by atoms with E-state index in [-0.39, 0.29) is 5.91 Å². The fourth-order valence-corrected chi connectivity index (χ4v) is 1.46. The summed E-state index contributed by atoms with van der Waals surface area (Å²) in [6, 6.07) is 0. The molecule has 7 nitrogen and oxygen atoms in total. The number of ether oxygens (including phenoxy) is 1. The fraction of sp³-hybridized carbons (Fsp3) is 0.500. The highest BCUT2D eigenvalue weighted by molar-refractivity contribution is 5.92. The Morgan fingerprint density at radius 2 is 2.21 bits per heavy atom. The van der Waals surface area contributed by atoms with Crippen LogP contribution in [0.5, 0.6) is 0 Å². The van der Waals surface area contributed by atoms with E-state index in [0.717, 1.165) is 0 Å². The molecule has 0 spiro atoms. The summed E-state index contributed by atoms with van der Waals surface area (Å²) in [6.07, 6.45) is 4.33. The van der Waals surface area contributed by atoms with Gasteiger partial charge in [-0.25, -0.2) is 0 Å². The molecular formula is C12H17N5O2. The Labute approximate surface area is 111 Å². The lowest BCUT2D eigenvalue weighted by Crippen LogP contribution is -2.29. The van der Waals surface area contributed by atoms with E-state index in [0.29, 0.717) is 24.1 Å². The maximum atomic E-state index is 11.9. The zero-order valence-corrected chi connectivity index (χ0v) is 11.2. The second-order valence-corrected chi connectivity index (χ2v) is 4.69. The first-order valence-electron chi connectivity index (χ1n) is 6.15. The number of hydrogen-bond donors (Lipinski definition) is 1. The Hall–Kier alpha value is -2.02. The molecule has 2 aromatic rings. The molecule has 2 heterocycles. The van der Waals surface area contributed by atoms with Gasteiger partial charge in [0, 0.05) is 19.0 Å². The quantitative estimate of drug-likeness (QED) is 0.874. The van der Waals surface area contributed by atoms with E-state index >= 15 is 0 Å². The third-order valence-electron chi connectivity index (χ3n) is 2.50. The smallest absolute Gasteiger partial charge is 0.255 e. The van der Waals surface area contributed by atoms with Crippen LogP contribution in [0.4, 0.5) is 5.95 Å². The number of carbonyl (C=O) groups excluding carboxylic acids is 1. The Morgan fingerprint density at radius 3 is 2.95 bits per heavy atom. The van der Waals surface area contributed by atoms with E-state index in [9.17, 15) is 4.79 Å². The maximum Gasteiger partial charge on any atom is 0.255 e. The highest BCUT2D eigenvalue weighted by Gasteiger charge is 2.16. The van der Waals surface area contributed by atoms with Gasteiger partial charge in [-0.1, -0.05) is 13.8 Å². The SMILES string of the molecule is CC(C)COC(C)C(=O)Nc1nnc2cnccn12. The monoisotopic (exact) mass is 263 g/mol. The number of amides is 1. The average molecular weight is 263 g/mol. The van der Waals surface area contributed by atoms with Gasteiger partial charge in [0.2, 0.25) is 5.95 Å². The van der Waals surface area contributed by atoms with Crippen molar-refractivity contribution in [3.63, 3.8) is 0 Å². The normalized spacial score (nSPS) is 12.8. The molecular weight excluding hydrogens is 246 g/mol. The van der Waals surface area contributed by atoms with Crippen molar-refractivity contribution in [1.29, 1.82) is 0 Å². The van der Waals surface area contributed by atoms with E-state index in [2.05, 4.69) is 20.5 Å². The summed E-state index contributed by atoms with van der Waals surface area (Å²) in [6.45, 7) is 6.31. The zero-order chi connectivity index (χ0) is 13.8. The van der Waals surface area contributed by atoms with Gasteiger partial charge in [0.1, 0.15) is 6.10 Å². The summed E-state index contributed by atoms with van der Waals surface area (Å²) in [7, 11) is 0. The molecule has 0 aliphatic carbocycles. The molecule has 0 saturated carbocycles. The summed E-state index contributed by atoms with van der Waals surface area (Å²) in [5.74, 6) is 0.504. The van der Waals surface area contributed by atoms with Gasteiger partial charge >= 0.3 is 0 Å². The molecule has 0 fully saturated rings. The summed E-state index contributed by atoms with van der Waals surface area (Å²) >= 11 is 0. The predicted octanol–water partition coefficient (Wildman–Crippen LogP) is 1.12. The van der Waals surface area contributed by atoms with E-state index in [1.54, 1.807) is 29.9 Å². The molecule has 1 atom stereocenters. The minimum atomic E-state index is -0.531. The first-order valence-corrected chi connectivity index (χ1v) is 6.15. The number of nitrogens with zero attached hydrogens (tertiary/aromatic N) is 4. The number of nitrogens with one attached hydrogen (secondary N) is 1. The van der Waals surface area contributed by atoms with Gasteiger partial charge in [0.25, 0.3) is 5.91 Å². The lowest BCUT2D eigenvalue weighted by Gasteiger charge is -2.13. The number of rotatable bonds is 5. The third kappa shape index (κ3) is 3.25. The molecule has 2 rings (SSSR count). The minimum Gasteiger partial charge on any atom is -0.368 e. The van der Waals surface area contributed by atoms with E-state index in [1.807, 2.05) is 13.8 Å². The highest BCUT2D eigenvalue weighted by Crippen LogP contribution is 2.07. The first-order chi connectivity index (χ1) is 9.08. The summed E-state index contributed by atoms with van der Waals surface area (Å²) < 4.78 is 7.10. The lowest BCUT2D eigenvalue weighted by molar-refractivity contribution is -0.127. The second-order valence-electron chi connectivity index (χ2n) is 4.69. The molecule has 0 saturated heterocycles. The number of hydrogen-bond acceptors (Lipinski definition) is 5.